The monoisotopic (exact) mass is 270 g/mol. The number of nitrogens with zero attached hydrogens (tertiary/aromatic N) is 1. The summed E-state index contributed by atoms with van der Waals surface area (Å²) < 4.78 is 14.4. The Balaban J connectivity index is 2.15. The van der Waals surface area contributed by atoms with Crippen LogP contribution in [0.3, 0.4) is 0 Å². The molecule has 20 heavy (non-hydrogen) atoms. The van der Waals surface area contributed by atoms with Crippen molar-refractivity contribution >= 4 is 0 Å². The van der Waals surface area contributed by atoms with Crippen molar-refractivity contribution in [2.24, 2.45) is 5.73 Å². The number of halogens is 1. The van der Waals surface area contributed by atoms with Crippen molar-refractivity contribution < 1.29 is 4.39 Å². The van der Waals surface area contributed by atoms with E-state index in [2.05, 4.69) is 11.9 Å². The first-order valence-electron chi connectivity index (χ1n) is 6.97. The summed E-state index contributed by atoms with van der Waals surface area (Å²) in [7, 11) is 2.10. The zero-order valence-corrected chi connectivity index (χ0v) is 11.7. The fourth-order valence-electron chi connectivity index (χ4n) is 2.93. The summed E-state index contributed by atoms with van der Waals surface area (Å²) in [5.74, 6) is -0.137. The highest BCUT2D eigenvalue weighted by Gasteiger charge is 2.20. The molecule has 2 N–H and O–H groups in total. The third-order valence-corrected chi connectivity index (χ3v) is 3.99. The van der Waals surface area contributed by atoms with Crippen LogP contribution in [0.4, 0.5) is 4.39 Å². The van der Waals surface area contributed by atoms with Crippen LogP contribution in [0.15, 0.2) is 36.4 Å². The molecule has 1 heterocycles. The lowest BCUT2D eigenvalue weighted by Crippen LogP contribution is -2.27. The second-order valence-electron chi connectivity index (χ2n) is 5.45. The van der Waals surface area contributed by atoms with Crippen LogP contribution in [0.2, 0.25) is 0 Å². The van der Waals surface area contributed by atoms with Gasteiger partial charge in [-0.3, -0.25) is 0 Å². The largest absolute Gasteiger partial charge is 0.326 e. The third-order valence-electron chi connectivity index (χ3n) is 3.99. The van der Waals surface area contributed by atoms with Gasteiger partial charge in [-0.2, -0.15) is 0 Å². The van der Waals surface area contributed by atoms with E-state index in [-0.39, 0.29) is 5.82 Å². The van der Waals surface area contributed by atoms with Crippen molar-refractivity contribution in [3.63, 3.8) is 0 Å². The quantitative estimate of drug-likeness (QED) is 0.909. The molecule has 0 bridgehead atoms. The maximum Gasteiger partial charge on any atom is 0.131 e. The van der Waals surface area contributed by atoms with Gasteiger partial charge in [-0.1, -0.05) is 24.3 Å². The average Bonchev–Trinajstić information content (AvgIpc) is 2.47. The molecule has 0 saturated heterocycles. The highest BCUT2D eigenvalue weighted by Crippen LogP contribution is 2.32. The van der Waals surface area contributed by atoms with Crippen molar-refractivity contribution in [2.45, 2.75) is 19.5 Å². The van der Waals surface area contributed by atoms with E-state index in [0.717, 1.165) is 41.8 Å². The molecule has 3 heteroatoms. The minimum atomic E-state index is -0.137. The summed E-state index contributed by atoms with van der Waals surface area (Å²) in [5.41, 5.74) is 10.8. The molecule has 3 rings (SSSR count). The molecule has 0 radical (unpaired) electrons. The Hall–Kier alpha value is -1.71. The van der Waals surface area contributed by atoms with Gasteiger partial charge in [0.15, 0.2) is 0 Å². The fourth-order valence-corrected chi connectivity index (χ4v) is 2.93. The topological polar surface area (TPSA) is 29.3 Å². The zero-order valence-electron chi connectivity index (χ0n) is 11.7. The van der Waals surface area contributed by atoms with Crippen LogP contribution >= 0.6 is 0 Å². The molecule has 0 fully saturated rings. The first-order valence-corrected chi connectivity index (χ1v) is 6.97. The van der Waals surface area contributed by atoms with Crippen LogP contribution in [0.1, 0.15) is 16.7 Å². The van der Waals surface area contributed by atoms with Crippen molar-refractivity contribution in [1.29, 1.82) is 0 Å². The molecule has 0 unspecified atom stereocenters. The van der Waals surface area contributed by atoms with Gasteiger partial charge in [-0.15, -0.1) is 0 Å². The molecule has 0 aromatic heterocycles. The van der Waals surface area contributed by atoms with Gasteiger partial charge in [0.25, 0.3) is 0 Å². The summed E-state index contributed by atoms with van der Waals surface area (Å²) in [6.45, 7) is 2.34. The van der Waals surface area contributed by atoms with E-state index in [0.29, 0.717) is 6.54 Å². The van der Waals surface area contributed by atoms with Gasteiger partial charge in [0, 0.05) is 25.2 Å². The molecule has 0 amide bonds. The van der Waals surface area contributed by atoms with Crippen LogP contribution in [-0.2, 0) is 19.5 Å². The number of fused-ring (bicyclic) bond motifs is 1. The van der Waals surface area contributed by atoms with Crippen molar-refractivity contribution in [3.8, 4) is 11.1 Å². The van der Waals surface area contributed by atoms with Crippen LogP contribution < -0.4 is 5.73 Å². The Morgan fingerprint density at radius 3 is 2.90 bits per heavy atom. The lowest BCUT2D eigenvalue weighted by Gasteiger charge is -2.27. The Morgan fingerprint density at radius 2 is 2.10 bits per heavy atom. The molecule has 0 atom stereocenters. The fraction of sp³-hybridized carbons (Fsp3) is 0.294. The van der Waals surface area contributed by atoms with Gasteiger partial charge >= 0.3 is 0 Å². The minimum Gasteiger partial charge on any atom is -0.326 e. The second-order valence-corrected chi connectivity index (χ2v) is 5.45. The normalized spacial score (nSPS) is 15.2. The molecular formula is C17H19FN2. The molecule has 1 aliphatic rings. The molecule has 1 aliphatic heterocycles. The molecule has 2 aromatic carbocycles. The van der Waals surface area contributed by atoms with Gasteiger partial charge in [0.05, 0.1) is 0 Å². The van der Waals surface area contributed by atoms with Crippen LogP contribution in [0, 0.1) is 5.82 Å². The molecule has 0 spiro atoms. The van der Waals surface area contributed by atoms with Gasteiger partial charge in [-0.25, -0.2) is 4.39 Å². The van der Waals surface area contributed by atoms with E-state index >= 15 is 0 Å². The number of nitrogens with two attached hydrogens (primary N) is 1. The summed E-state index contributed by atoms with van der Waals surface area (Å²) in [6.07, 6.45) is 0.895. The third kappa shape index (κ3) is 2.35. The molecular weight excluding hydrogens is 251 g/mol. The second kappa shape index (κ2) is 5.35. The average molecular weight is 270 g/mol. The summed E-state index contributed by atoms with van der Waals surface area (Å²) >= 11 is 0. The van der Waals surface area contributed by atoms with Crippen LogP contribution in [0.5, 0.6) is 0 Å². The summed E-state index contributed by atoms with van der Waals surface area (Å²) in [6, 6.07) is 11.4. The lowest BCUT2D eigenvalue weighted by molar-refractivity contribution is 0.312. The summed E-state index contributed by atoms with van der Waals surface area (Å²) in [5, 5.41) is 0. The van der Waals surface area contributed by atoms with E-state index in [1.54, 1.807) is 6.07 Å². The maximum absolute atomic E-state index is 14.4. The Bertz CT molecular complexity index is 637. The first-order chi connectivity index (χ1) is 9.69. The Morgan fingerprint density at radius 1 is 1.25 bits per heavy atom. The molecule has 104 valence electrons. The number of hydrogen-bond acceptors (Lipinski definition) is 2. The van der Waals surface area contributed by atoms with E-state index in [9.17, 15) is 4.39 Å². The highest BCUT2D eigenvalue weighted by atomic mass is 19.1. The van der Waals surface area contributed by atoms with Crippen LogP contribution in [0.25, 0.3) is 11.1 Å². The van der Waals surface area contributed by atoms with E-state index in [1.807, 2.05) is 30.3 Å². The first kappa shape index (κ1) is 13.3. The molecule has 0 saturated carbocycles. The predicted molar refractivity (Wildman–Crippen MR) is 79.8 cm³/mol. The van der Waals surface area contributed by atoms with Gasteiger partial charge < -0.3 is 10.6 Å². The van der Waals surface area contributed by atoms with E-state index < -0.39 is 0 Å². The predicted octanol–water partition coefficient (Wildman–Crippen LogP) is 2.94. The zero-order chi connectivity index (χ0) is 14.1. The molecule has 2 nitrogen and oxygen atoms in total. The summed E-state index contributed by atoms with van der Waals surface area (Å²) in [4.78, 5) is 2.26. The standard InChI is InChI=1S/C17H19FN2/c1-20-8-7-15-14(11-20)5-6-16(18)17(15)13-4-2-3-12(9-13)10-19/h2-6,9H,7-8,10-11,19H2,1H3. The number of rotatable bonds is 2. The van der Waals surface area contributed by atoms with Crippen LogP contribution in [-0.4, -0.2) is 18.5 Å². The SMILES string of the molecule is CN1CCc2c(ccc(F)c2-c2cccc(CN)c2)C1. The Kier molecular flexibility index (Phi) is 3.55. The Labute approximate surface area is 119 Å². The number of hydrogen-bond donors (Lipinski definition) is 1. The molecule has 2 aromatic rings. The smallest absolute Gasteiger partial charge is 0.131 e. The maximum atomic E-state index is 14.4. The van der Waals surface area contributed by atoms with Gasteiger partial charge in [0.1, 0.15) is 5.82 Å². The van der Waals surface area contributed by atoms with Crippen molar-refractivity contribution in [2.75, 3.05) is 13.6 Å². The number of benzene rings is 2. The van der Waals surface area contributed by atoms with E-state index in [1.165, 1.54) is 5.56 Å². The lowest BCUT2D eigenvalue weighted by atomic mass is 9.90. The van der Waals surface area contributed by atoms with Crippen molar-refractivity contribution in [1.82, 2.24) is 4.90 Å². The van der Waals surface area contributed by atoms with E-state index in [4.69, 9.17) is 5.73 Å². The van der Waals surface area contributed by atoms with Gasteiger partial charge in [0.2, 0.25) is 0 Å². The highest BCUT2D eigenvalue weighted by molar-refractivity contribution is 5.70. The van der Waals surface area contributed by atoms with Gasteiger partial charge in [-0.05, 0) is 47.9 Å². The molecule has 0 aliphatic carbocycles. The minimum absolute atomic E-state index is 0.137. The van der Waals surface area contributed by atoms with Crippen molar-refractivity contribution in [3.05, 3.63) is 58.9 Å². The number of likely N-dealkylation sites (N-methyl/N-ethyl adjacent to an activating group) is 1.